The lowest BCUT2D eigenvalue weighted by Crippen LogP contribution is -2.01. The Hall–Kier alpha value is -0.890. The normalized spacial score (nSPS) is 15.7. The fraction of sp³-hybridized carbons (Fsp3) is 0.500. The van der Waals surface area contributed by atoms with Crippen molar-refractivity contribution < 1.29 is 9.84 Å². The molecule has 1 aromatic carbocycles. The molecule has 15 heavy (non-hydrogen) atoms. The van der Waals surface area contributed by atoms with E-state index in [2.05, 4.69) is 13.8 Å². The fourth-order valence-corrected chi connectivity index (χ4v) is 1.77. The van der Waals surface area contributed by atoms with Gasteiger partial charge in [-0.1, -0.05) is 25.4 Å². The van der Waals surface area contributed by atoms with Gasteiger partial charge in [0.25, 0.3) is 0 Å². The Kier molecular flexibility index (Phi) is 2.79. The van der Waals surface area contributed by atoms with Crippen LogP contribution in [0.4, 0.5) is 0 Å². The van der Waals surface area contributed by atoms with Crippen molar-refractivity contribution in [1.82, 2.24) is 0 Å². The van der Waals surface area contributed by atoms with Crippen LogP contribution in [0.2, 0.25) is 5.02 Å². The maximum Gasteiger partial charge on any atom is 0.142 e. The van der Waals surface area contributed by atoms with Crippen molar-refractivity contribution in [2.24, 2.45) is 0 Å². The Morgan fingerprint density at radius 1 is 1.40 bits per heavy atom. The number of phenols is 1. The van der Waals surface area contributed by atoms with E-state index in [0.29, 0.717) is 17.0 Å². The molecule has 0 atom stereocenters. The minimum Gasteiger partial charge on any atom is -0.508 e. The number of halogens is 1. The maximum absolute atomic E-state index is 9.48. The lowest BCUT2D eigenvalue weighted by molar-refractivity contribution is 0.298. The molecule has 0 aromatic heterocycles. The molecule has 0 bridgehead atoms. The predicted molar refractivity (Wildman–Crippen MR) is 60.9 cm³/mol. The van der Waals surface area contributed by atoms with Crippen LogP contribution in [0.5, 0.6) is 11.5 Å². The standard InChI is InChI=1S/C12H15ClO2/c1-7(2)10-5-8(14)6-11(13)12(10)15-9-3-4-9/h5-7,9,14H,3-4H2,1-2H3. The molecule has 1 fully saturated rings. The SMILES string of the molecule is CC(C)c1cc(O)cc(Cl)c1OC1CC1. The molecule has 1 aliphatic carbocycles. The molecular formula is C12H15ClO2. The van der Waals surface area contributed by atoms with Gasteiger partial charge in [-0.25, -0.2) is 0 Å². The second-order valence-electron chi connectivity index (χ2n) is 4.32. The van der Waals surface area contributed by atoms with Crippen molar-refractivity contribution in [2.75, 3.05) is 0 Å². The summed E-state index contributed by atoms with van der Waals surface area (Å²) < 4.78 is 5.76. The van der Waals surface area contributed by atoms with Gasteiger partial charge in [0.05, 0.1) is 11.1 Å². The van der Waals surface area contributed by atoms with Crippen LogP contribution in [0.15, 0.2) is 12.1 Å². The molecule has 0 aliphatic heterocycles. The highest BCUT2D eigenvalue weighted by molar-refractivity contribution is 6.32. The number of hydrogen-bond donors (Lipinski definition) is 1. The Morgan fingerprint density at radius 2 is 2.07 bits per heavy atom. The quantitative estimate of drug-likeness (QED) is 0.852. The smallest absolute Gasteiger partial charge is 0.142 e. The highest BCUT2D eigenvalue weighted by Crippen LogP contribution is 2.40. The zero-order valence-corrected chi connectivity index (χ0v) is 9.71. The van der Waals surface area contributed by atoms with E-state index in [9.17, 15) is 5.11 Å². The summed E-state index contributed by atoms with van der Waals surface area (Å²) in [6, 6.07) is 3.26. The molecule has 82 valence electrons. The van der Waals surface area contributed by atoms with Crippen molar-refractivity contribution in [2.45, 2.75) is 38.7 Å². The highest BCUT2D eigenvalue weighted by atomic mass is 35.5. The third kappa shape index (κ3) is 2.37. The Morgan fingerprint density at radius 3 is 2.60 bits per heavy atom. The lowest BCUT2D eigenvalue weighted by atomic mass is 10.0. The first-order chi connectivity index (χ1) is 7.08. The number of ether oxygens (including phenoxy) is 1. The van der Waals surface area contributed by atoms with Gasteiger partial charge in [0.15, 0.2) is 0 Å². The Labute approximate surface area is 94.8 Å². The van der Waals surface area contributed by atoms with E-state index in [1.807, 2.05) is 0 Å². The van der Waals surface area contributed by atoms with Crippen LogP contribution in [0, 0.1) is 0 Å². The van der Waals surface area contributed by atoms with Gasteiger partial charge in [-0.05, 0) is 24.8 Å². The average molecular weight is 227 g/mol. The molecule has 1 N–H and O–H groups in total. The summed E-state index contributed by atoms with van der Waals surface area (Å²) in [7, 11) is 0. The number of benzene rings is 1. The molecule has 0 unspecified atom stereocenters. The topological polar surface area (TPSA) is 29.5 Å². The average Bonchev–Trinajstić information content (AvgIpc) is 2.92. The minimum atomic E-state index is 0.201. The van der Waals surface area contributed by atoms with E-state index < -0.39 is 0 Å². The number of phenolic OH excluding ortho intramolecular Hbond substituents is 1. The van der Waals surface area contributed by atoms with Gasteiger partial charge in [0, 0.05) is 11.6 Å². The monoisotopic (exact) mass is 226 g/mol. The number of hydrogen-bond acceptors (Lipinski definition) is 2. The van der Waals surface area contributed by atoms with E-state index in [-0.39, 0.29) is 5.75 Å². The van der Waals surface area contributed by atoms with E-state index >= 15 is 0 Å². The summed E-state index contributed by atoms with van der Waals surface area (Å²) in [5, 5.41) is 9.98. The van der Waals surface area contributed by atoms with Crippen LogP contribution in [0.25, 0.3) is 0 Å². The van der Waals surface area contributed by atoms with Crippen molar-refractivity contribution in [3.05, 3.63) is 22.7 Å². The Balaban J connectivity index is 2.38. The molecule has 0 heterocycles. The first-order valence-electron chi connectivity index (χ1n) is 5.27. The van der Waals surface area contributed by atoms with Crippen LogP contribution < -0.4 is 4.74 Å². The zero-order chi connectivity index (χ0) is 11.0. The molecule has 0 spiro atoms. The highest BCUT2D eigenvalue weighted by Gasteiger charge is 2.26. The van der Waals surface area contributed by atoms with E-state index in [1.165, 1.54) is 6.07 Å². The molecular weight excluding hydrogens is 212 g/mol. The van der Waals surface area contributed by atoms with Crippen LogP contribution in [-0.2, 0) is 0 Å². The van der Waals surface area contributed by atoms with Crippen molar-refractivity contribution in [1.29, 1.82) is 0 Å². The minimum absolute atomic E-state index is 0.201. The molecule has 0 amide bonds. The summed E-state index contributed by atoms with van der Waals surface area (Å²) in [5.74, 6) is 1.24. The van der Waals surface area contributed by atoms with Crippen molar-refractivity contribution in [3.63, 3.8) is 0 Å². The van der Waals surface area contributed by atoms with Gasteiger partial charge in [0.2, 0.25) is 0 Å². The predicted octanol–water partition coefficient (Wildman–Crippen LogP) is 3.71. The molecule has 3 heteroatoms. The second kappa shape index (κ2) is 3.93. The first kappa shape index (κ1) is 10.6. The molecule has 1 aromatic rings. The molecule has 1 saturated carbocycles. The van der Waals surface area contributed by atoms with Gasteiger partial charge < -0.3 is 9.84 Å². The fourth-order valence-electron chi connectivity index (χ4n) is 1.51. The summed E-state index contributed by atoms with van der Waals surface area (Å²) >= 11 is 6.07. The van der Waals surface area contributed by atoms with Crippen LogP contribution in [0.3, 0.4) is 0 Å². The summed E-state index contributed by atoms with van der Waals surface area (Å²) in [4.78, 5) is 0. The number of aromatic hydroxyl groups is 1. The van der Waals surface area contributed by atoms with Gasteiger partial charge in [-0.3, -0.25) is 0 Å². The number of rotatable bonds is 3. The molecule has 0 saturated heterocycles. The van der Waals surface area contributed by atoms with E-state index in [1.54, 1.807) is 6.07 Å². The van der Waals surface area contributed by atoms with Gasteiger partial charge >= 0.3 is 0 Å². The first-order valence-corrected chi connectivity index (χ1v) is 5.64. The molecule has 2 rings (SSSR count). The maximum atomic E-state index is 9.48. The van der Waals surface area contributed by atoms with Gasteiger partial charge in [-0.15, -0.1) is 0 Å². The van der Waals surface area contributed by atoms with Crippen LogP contribution >= 0.6 is 11.6 Å². The molecule has 1 aliphatic rings. The lowest BCUT2D eigenvalue weighted by Gasteiger charge is -2.15. The molecule has 0 radical (unpaired) electrons. The van der Waals surface area contributed by atoms with Crippen LogP contribution in [0.1, 0.15) is 38.2 Å². The van der Waals surface area contributed by atoms with Crippen molar-refractivity contribution >= 4 is 11.6 Å². The van der Waals surface area contributed by atoms with E-state index in [0.717, 1.165) is 24.2 Å². The van der Waals surface area contributed by atoms with E-state index in [4.69, 9.17) is 16.3 Å². The Bertz CT molecular complexity index is 370. The molecule has 2 nitrogen and oxygen atoms in total. The summed E-state index contributed by atoms with van der Waals surface area (Å²) in [6.45, 7) is 4.12. The third-order valence-electron chi connectivity index (χ3n) is 2.49. The summed E-state index contributed by atoms with van der Waals surface area (Å²) in [5.41, 5.74) is 0.979. The van der Waals surface area contributed by atoms with Gasteiger partial charge in [-0.2, -0.15) is 0 Å². The zero-order valence-electron chi connectivity index (χ0n) is 8.96. The van der Waals surface area contributed by atoms with Crippen molar-refractivity contribution in [3.8, 4) is 11.5 Å². The van der Waals surface area contributed by atoms with Crippen LogP contribution in [-0.4, -0.2) is 11.2 Å². The van der Waals surface area contributed by atoms with Gasteiger partial charge in [0.1, 0.15) is 11.5 Å². The summed E-state index contributed by atoms with van der Waals surface area (Å²) in [6.07, 6.45) is 2.54. The largest absolute Gasteiger partial charge is 0.508 e. The third-order valence-corrected chi connectivity index (χ3v) is 2.77. The second-order valence-corrected chi connectivity index (χ2v) is 4.73.